The van der Waals surface area contributed by atoms with Crippen molar-refractivity contribution in [3.8, 4) is 0 Å². The van der Waals surface area contributed by atoms with Gasteiger partial charge in [-0.3, -0.25) is 0 Å². The molecule has 2 heteroatoms. The second-order valence-corrected chi connectivity index (χ2v) is 5.46. The van der Waals surface area contributed by atoms with Crippen LogP contribution < -0.4 is 5.32 Å². The van der Waals surface area contributed by atoms with Crippen LogP contribution in [-0.4, -0.2) is 23.3 Å². The van der Waals surface area contributed by atoms with Crippen molar-refractivity contribution in [1.82, 2.24) is 5.32 Å². The second-order valence-electron chi connectivity index (χ2n) is 5.46. The third-order valence-corrected chi connectivity index (χ3v) is 3.70. The molecule has 1 fully saturated rings. The van der Waals surface area contributed by atoms with Crippen LogP contribution in [0.5, 0.6) is 0 Å². The first-order chi connectivity index (χ1) is 7.05. The summed E-state index contributed by atoms with van der Waals surface area (Å²) in [5, 5.41) is 13.5. The zero-order valence-electron chi connectivity index (χ0n) is 10.6. The van der Waals surface area contributed by atoms with Crippen LogP contribution in [0.3, 0.4) is 0 Å². The van der Waals surface area contributed by atoms with Crippen molar-refractivity contribution in [3.05, 3.63) is 0 Å². The van der Waals surface area contributed by atoms with Gasteiger partial charge in [-0.25, -0.2) is 0 Å². The minimum absolute atomic E-state index is 0.526. The molecule has 0 bridgehead atoms. The van der Waals surface area contributed by atoms with E-state index in [9.17, 15) is 5.11 Å². The van der Waals surface area contributed by atoms with Crippen LogP contribution in [0.2, 0.25) is 0 Å². The molecule has 0 aromatic rings. The van der Waals surface area contributed by atoms with Crippen molar-refractivity contribution < 1.29 is 5.11 Å². The fourth-order valence-corrected chi connectivity index (χ4v) is 2.63. The van der Waals surface area contributed by atoms with E-state index in [4.69, 9.17) is 0 Å². The van der Waals surface area contributed by atoms with Gasteiger partial charge in [-0.1, -0.05) is 26.2 Å². The Hall–Kier alpha value is -0.0800. The van der Waals surface area contributed by atoms with Crippen molar-refractivity contribution >= 4 is 0 Å². The van der Waals surface area contributed by atoms with Gasteiger partial charge in [-0.2, -0.15) is 0 Å². The highest BCUT2D eigenvalue weighted by molar-refractivity contribution is 4.81. The Bertz CT molecular complexity index is 173. The van der Waals surface area contributed by atoms with Gasteiger partial charge in [0, 0.05) is 12.6 Å². The third kappa shape index (κ3) is 4.52. The van der Waals surface area contributed by atoms with Crippen LogP contribution in [-0.2, 0) is 0 Å². The predicted octanol–water partition coefficient (Wildman–Crippen LogP) is 2.71. The largest absolute Gasteiger partial charge is 0.389 e. The number of aliphatic hydroxyl groups is 1. The average Bonchev–Trinajstić information content (AvgIpc) is 2.67. The zero-order valence-corrected chi connectivity index (χ0v) is 10.6. The molecule has 1 aliphatic rings. The minimum atomic E-state index is -0.526. The summed E-state index contributed by atoms with van der Waals surface area (Å²) in [4.78, 5) is 0. The summed E-state index contributed by atoms with van der Waals surface area (Å²) in [5.41, 5.74) is -0.526. The number of hydrogen-bond acceptors (Lipinski definition) is 2. The molecule has 0 aliphatic heterocycles. The molecule has 2 atom stereocenters. The number of rotatable bonds is 6. The molecule has 0 heterocycles. The Balaban J connectivity index is 2.23. The summed E-state index contributed by atoms with van der Waals surface area (Å²) < 4.78 is 0. The van der Waals surface area contributed by atoms with Crippen molar-refractivity contribution in [2.24, 2.45) is 5.92 Å². The first-order valence-electron chi connectivity index (χ1n) is 6.51. The minimum Gasteiger partial charge on any atom is -0.389 e. The summed E-state index contributed by atoms with van der Waals surface area (Å²) in [6.07, 6.45) is 7.45. The van der Waals surface area contributed by atoms with Crippen LogP contribution in [0.25, 0.3) is 0 Å². The van der Waals surface area contributed by atoms with E-state index in [1.165, 1.54) is 25.7 Å². The smallest absolute Gasteiger partial charge is 0.0743 e. The lowest BCUT2D eigenvalue weighted by Crippen LogP contribution is -2.43. The molecular weight excluding hydrogens is 186 g/mol. The molecule has 0 saturated heterocycles. The van der Waals surface area contributed by atoms with Crippen LogP contribution in [0, 0.1) is 5.92 Å². The number of nitrogens with one attached hydrogen (secondary N) is 1. The molecule has 1 saturated carbocycles. The summed E-state index contributed by atoms with van der Waals surface area (Å²) in [6.45, 7) is 7.05. The normalized spacial score (nSPS) is 24.0. The lowest BCUT2D eigenvalue weighted by atomic mass is 9.96. The second kappa shape index (κ2) is 5.86. The Kier molecular flexibility index (Phi) is 5.07. The monoisotopic (exact) mass is 213 g/mol. The van der Waals surface area contributed by atoms with E-state index in [0.29, 0.717) is 6.04 Å². The van der Waals surface area contributed by atoms with E-state index in [2.05, 4.69) is 19.2 Å². The van der Waals surface area contributed by atoms with Gasteiger partial charge in [0.05, 0.1) is 5.60 Å². The molecule has 90 valence electrons. The van der Waals surface area contributed by atoms with Gasteiger partial charge in [0.2, 0.25) is 0 Å². The van der Waals surface area contributed by atoms with Crippen molar-refractivity contribution in [3.63, 3.8) is 0 Å². The fraction of sp³-hybridized carbons (Fsp3) is 1.00. The molecule has 1 aliphatic carbocycles. The van der Waals surface area contributed by atoms with E-state index < -0.39 is 5.60 Å². The van der Waals surface area contributed by atoms with E-state index >= 15 is 0 Å². The standard InChI is InChI=1S/C13H27NO/c1-4-9-13(3,15)10-14-11(2)12-7-5-6-8-12/h11-12,14-15H,4-10H2,1-3H3. The third-order valence-electron chi connectivity index (χ3n) is 3.70. The van der Waals surface area contributed by atoms with Gasteiger partial charge in [0.25, 0.3) is 0 Å². The van der Waals surface area contributed by atoms with E-state index in [1.807, 2.05) is 6.92 Å². The van der Waals surface area contributed by atoms with Gasteiger partial charge in [0.15, 0.2) is 0 Å². The summed E-state index contributed by atoms with van der Waals surface area (Å²) in [6, 6.07) is 0.566. The SMILES string of the molecule is CCCC(C)(O)CNC(C)C1CCCC1. The first kappa shape index (κ1) is 13.0. The molecule has 0 spiro atoms. The average molecular weight is 213 g/mol. The topological polar surface area (TPSA) is 32.3 Å². The molecule has 2 N–H and O–H groups in total. The van der Waals surface area contributed by atoms with Crippen molar-refractivity contribution in [1.29, 1.82) is 0 Å². The maximum absolute atomic E-state index is 10.0. The Labute approximate surface area is 94.5 Å². The van der Waals surface area contributed by atoms with E-state index in [1.54, 1.807) is 0 Å². The quantitative estimate of drug-likeness (QED) is 0.711. The molecule has 2 unspecified atom stereocenters. The van der Waals surface area contributed by atoms with Crippen molar-refractivity contribution in [2.45, 2.75) is 70.9 Å². The molecule has 1 rings (SSSR count). The molecule has 0 amide bonds. The highest BCUT2D eigenvalue weighted by Gasteiger charge is 2.24. The Morgan fingerprint density at radius 2 is 2.00 bits per heavy atom. The maximum atomic E-state index is 10.0. The zero-order chi connectivity index (χ0) is 11.3. The highest BCUT2D eigenvalue weighted by Crippen LogP contribution is 2.27. The van der Waals surface area contributed by atoms with Gasteiger partial charge in [0.1, 0.15) is 0 Å². The van der Waals surface area contributed by atoms with Crippen LogP contribution in [0.15, 0.2) is 0 Å². The maximum Gasteiger partial charge on any atom is 0.0743 e. The van der Waals surface area contributed by atoms with E-state index in [-0.39, 0.29) is 0 Å². The van der Waals surface area contributed by atoms with Crippen LogP contribution >= 0.6 is 0 Å². The van der Waals surface area contributed by atoms with Crippen molar-refractivity contribution in [2.75, 3.05) is 6.54 Å². The van der Waals surface area contributed by atoms with Gasteiger partial charge in [-0.05, 0) is 39.0 Å². The van der Waals surface area contributed by atoms with E-state index in [0.717, 1.165) is 25.3 Å². The number of hydrogen-bond donors (Lipinski definition) is 2. The summed E-state index contributed by atoms with van der Waals surface area (Å²) in [7, 11) is 0. The fourth-order valence-electron chi connectivity index (χ4n) is 2.63. The lowest BCUT2D eigenvalue weighted by Gasteiger charge is -2.28. The Morgan fingerprint density at radius 3 is 2.53 bits per heavy atom. The molecule has 0 aromatic carbocycles. The van der Waals surface area contributed by atoms with Crippen LogP contribution in [0.1, 0.15) is 59.3 Å². The first-order valence-corrected chi connectivity index (χ1v) is 6.51. The predicted molar refractivity (Wildman–Crippen MR) is 65.0 cm³/mol. The molecule has 15 heavy (non-hydrogen) atoms. The summed E-state index contributed by atoms with van der Waals surface area (Å²) in [5.74, 6) is 0.836. The Morgan fingerprint density at radius 1 is 1.40 bits per heavy atom. The molecule has 0 aromatic heterocycles. The molecule has 0 radical (unpaired) electrons. The summed E-state index contributed by atoms with van der Waals surface area (Å²) >= 11 is 0. The van der Waals surface area contributed by atoms with Gasteiger partial charge >= 0.3 is 0 Å². The highest BCUT2D eigenvalue weighted by atomic mass is 16.3. The van der Waals surface area contributed by atoms with Crippen LogP contribution in [0.4, 0.5) is 0 Å². The molecule has 2 nitrogen and oxygen atoms in total. The lowest BCUT2D eigenvalue weighted by molar-refractivity contribution is 0.0456. The van der Waals surface area contributed by atoms with Gasteiger partial charge < -0.3 is 10.4 Å². The van der Waals surface area contributed by atoms with Gasteiger partial charge in [-0.15, -0.1) is 0 Å². The molecular formula is C13H27NO.